The smallest absolute Gasteiger partial charge is 0.255 e. The summed E-state index contributed by atoms with van der Waals surface area (Å²) < 4.78 is 12.9. The lowest BCUT2D eigenvalue weighted by Gasteiger charge is -2.26. The van der Waals surface area contributed by atoms with Crippen LogP contribution in [0.3, 0.4) is 0 Å². The molecule has 166 valence electrons. The van der Waals surface area contributed by atoms with Gasteiger partial charge < -0.3 is 14.8 Å². The van der Waals surface area contributed by atoms with Crippen molar-refractivity contribution in [2.45, 2.75) is 19.0 Å². The third-order valence-corrected chi connectivity index (χ3v) is 5.82. The first-order valence-electron chi connectivity index (χ1n) is 11.0. The van der Waals surface area contributed by atoms with Gasteiger partial charge in [-0.3, -0.25) is 9.48 Å². The fraction of sp³-hybridized carbons (Fsp3) is 0.185. The Labute approximate surface area is 192 Å². The maximum Gasteiger partial charge on any atom is 0.255 e. The molecule has 0 saturated heterocycles. The molecule has 5 rings (SSSR count). The first kappa shape index (κ1) is 20.8. The van der Waals surface area contributed by atoms with Crippen molar-refractivity contribution in [2.24, 2.45) is 0 Å². The van der Waals surface area contributed by atoms with Crippen LogP contribution in [0.1, 0.15) is 33.9 Å². The molecule has 0 aliphatic carbocycles. The number of para-hydroxylation sites is 1. The van der Waals surface area contributed by atoms with Crippen molar-refractivity contribution < 1.29 is 14.3 Å². The Morgan fingerprint density at radius 3 is 2.61 bits per heavy atom. The molecule has 0 spiro atoms. The lowest BCUT2D eigenvalue weighted by Crippen LogP contribution is -2.32. The van der Waals surface area contributed by atoms with Gasteiger partial charge >= 0.3 is 0 Å². The zero-order chi connectivity index (χ0) is 22.6. The van der Waals surface area contributed by atoms with E-state index in [1.54, 1.807) is 7.11 Å². The van der Waals surface area contributed by atoms with Crippen LogP contribution in [0.25, 0.3) is 11.3 Å². The molecule has 0 bridgehead atoms. The average molecular weight is 440 g/mol. The van der Waals surface area contributed by atoms with E-state index in [9.17, 15) is 4.79 Å². The van der Waals surface area contributed by atoms with Crippen LogP contribution in [0.4, 0.5) is 0 Å². The number of carbonyl (C=O) groups is 1. The Bertz CT molecular complexity index is 1250. The van der Waals surface area contributed by atoms with E-state index in [0.29, 0.717) is 24.4 Å². The zero-order valence-corrected chi connectivity index (χ0v) is 18.4. The number of amides is 1. The van der Waals surface area contributed by atoms with Gasteiger partial charge in [-0.25, -0.2) is 0 Å². The molecule has 1 aromatic heterocycles. The van der Waals surface area contributed by atoms with Crippen LogP contribution >= 0.6 is 0 Å². The quantitative estimate of drug-likeness (QED) is 0.466. The van der Waals surface area contributed by atoms with Crippen LogP contribution in [-0.4, -0.2) is 29.4 Å². The molecule has 1 aliphatic heterocycles. The van der Waals surface area contributed by atoms with Gasteiger partial charge in [-0.1, -0.05) is 48.5 Å². The fourth-order valence-electron chi connectivity index (χ4n) is 4.13. The Morgan fingerprint density at radius 1 is 1.06 bits per heavy atom. The highest BCUT2D eigenvalue weighted by atomic mass is 16.5. The number of aromatic nitrogens is 2. The van der Waals surface area contributed by atoms with Crippen molar-refractivity contribution in [3.8, 4) is 22.8 Å². The van der Waals surface area contributed by atoms with E-state index in [1.807, 2.05) is 89.7 Å². The number of ether oxygens (including phenoxy) is 2. The SMILES string of the molecule is COc1ccc(-c2nn(Cc3ccccc3)cc2C(=O)NC2CCOc3ccccc32)cc1. The van der Waals surface area contributed by atoms with E-state index >= 15 is 0 Å². The number of carbonyl (C=O) groups excluding carboxylic acids is 1. The van der Waals surface area contributed by atoms with Gasteiger partial charge in [-0.05, 0) is 35.9 Å². The molecular weight excluding hydrogens is 414 g/mol. The van der Waals surface area contributed by atoms with E-state index in [1.165, 1.54) is 0 Å². The van der Waals surface area contributed by atoms with E-state index in [-0.39, 0.29) is 11.9 Å². The minimum atomic E-state index is -0.151. The second-order valence-corrected chi connectivity index (χ2v) is 8.00. The topological polar surface area (TPSA) is 65.4 Å². The summed E-state index contributed by atoms with van der Waals surface area (Å²) in [4.78, 5) is 13.5. The van der Waals surface area contributed by atoms with Crippen molar-refractivity contribution in [1.29, 1.82) is 0 Å². The van der Waals surface area contributed by atoms with Gasteiger partial charge in [0.25, 0.3) is 5.91 Å². The van der Waals surface area contributed by atoms with Crippen LogP contribution in [0.2, 0.25) is 0 Å². The zero-order valence-electron chi connectivity index (χ0n) is 18.4. The molecule has 0 radical (unpaired) electrons. The predicted molar refractivity (Wildman–Crippen MR) is 127 cm³/mol. The van der Waals surface area contributed by atoms with Gasteiger partial charge in [0.1, 0.15) is 17.2 Å². The second kappa shape index (κ2) is 9.20. The molecule has 1 aliphatic rings. The molecule has 4 aromatic rings. The van der Waals surface area contributed by atoms with Crippen molar-refractivity contribution in [2.75, 3.05) is 13.7 Å². The van der Waals surface area contributed by atoms with Crippen molar-refractivity contribution in [3.63, 3.8) is 0 Å². The van der Waals surface area contributed by atoms with Crippen molar-refractivity contribution >= 4 is 5.91 Å². The summed E-state index contributed by atoms with van der Waals surface area (Å²) in [5.74, 6) is 1.43. The van der Waals surface area contributed by atoms with Gasteiger partial charge in [-0.15, -0.1) is 0 Å². The molecular formula is C27H25N3O3. The standard InChI is InChI=1S/C27H25N3O3/c1-32-21-13-11-20(12-14-21)26-23(18-30(29-26)17-19-7-3-2-4-8-19)27(31)28-24-15-16-33-25-10-6-5-9-22(24)25/h2-14,18,24H,15-17H2,1H3,(H,28,31). The molecule has 6 heteroatoms. The molecule has 3 aromatic carbocycles. The highest BCUT2D eigenvalue weighted by Crippen LogP contribution is 2.32. The fourth-order valence-corrected chi connectivity index (χ4v) is 4.13. The molecule has 6 nitrogen and oxygen atoms in total. The summed E-state index contributed by atoms with van der Waals surface area (Å²) >= 11 is 0. The monoisotopic (exact) mass is 439 g/mol. The number of hydrogen-bond acceptors (Lipinski definition) is 4. The summed E-state index contributed by atoms with van der Waals surface area (Å²) in [6.07, 6.45) is 2.55. The largest absolute Gasteiger partial charge is 0.497 e. The average Bonchev–Trinajstić information content (AvgIpc) is 3.29. The number of rotatable bonds is 6. The molecule has 1 amide bonds. The van der Waals surface area contributed by atoms with Crippen LogP contribution in [-0.2, 0) is 6.54 Å². The van der Waals surface area contributed by atoms with Crippen LogP contribution < -0.4 is 14.8 Å². The lowest BCUT2D eigenvalue weighted by atomic mass is 10.00. The summed E-state index contributed by atoms with van der Waals surface area (Å²) in [6, 6.07) is 25.4. The highest BCUT2D eigenvalue weighted by Gasteiger charge is 2.25. The Morgan fingerprint density at radius 2 is 1.82 bits per heavy atom. The molecule has 0 saturated carbocycles. The van der Waals surface area contributed by atoms with Crippen LogP contribution in [0, 0.1) is 0 Å². The Kier molecular flexibility index (Phi) is 5.81. The summed E-state index contributed by atoms with van der Waals surface area (Å²) in [5.41, 5.74) is 4.16. The number of fused-ring (bicyclic) bond motifs is 1. The number of hydrogen-bond donors (Lipinski definition) is 1. The van der Waals surface area contributed by atoms with Crippen molar-refractivity contribution in [3.05, 3.63) is 102 Å². The number of benzene rings is 3. The summed E-state index contributed by atoms with van der Waals surface area (Å²) in [5, 5.41) is 7.98. The minimum absolute atomic E-state index is 0.108. The maximum absolute atomic E-state index is 13.5. The summed E-state index contributed by atoms with van der Waals surface area (Å²) in [6.45, 7) is 1.15. The summed E-state index contributed by atoms with van der Waals surface area (Å²) in [7, 11) is 1.63. The lowest BCUT2D eigenvalue weighted by molar-refractivity contribution is 0.0925. The Balaban J connectivity index is 1.47. The van der Waals surface area contributed by atoms with Crippen LogP contribution in [0.5, 0.6) is 11.5 Å². The van der Waals surface area contributed by atoms with Gasteiger partial charge in [0, 0.05) is 23.7 Å². The third kappa shape index (κ3) is 4.46. The minimum Gasteiger partial charge on any atom is -0.497 e. The molecule has 1 unspecified atom stereocenters. The van der Waals surface area contributed by atoms with Crippen LogP contribution in [0.15, 0.2) is 85.1 Å². The Hall–Kier alpha value is -4.06. The predicted octanol–water partition coefficient (Wildman–Crippen LogP) is 4.86. The molecule has 2 heterocycles. The van der Waals surface area contributed by atoms with Gasteiger partial charge in [0.05, 0.1) is 31.9 Å². The van der Waals surface area contributed by atoms with Crippen molar-refractivity contribution in [1.82, 2.24) is 15.1 Å². The third-order valence-electron chi connectivity index (χ3n) is 5.82. The molecule has 0 fully saturated rings. The van der Waals surface area contributed by atoms with E-state index in [2.05, 4.69) is 5.32 Å². The number of methoxy groups -OCH3 is 1. The second-order valence-electron chi connectivity index (χ2n) is 8.00. The first-order chi connectivity index (χ1) is 16.2. The van der Waals surface area contributed by atoms with E-state index in [4.69, 9.17) is 14.6 Å². The van der Waals surface area contributed by atoms with Gasteiger partial charge in [0.2, 0.25) is 0 Å². The molecule has 33 heavy (non-hydrogen) atoms. The van der Waals surface area contributed by atoms with Gasteiger partial charge in [0.15, 0.2) is 0 Å². The molecule has 1 atom stereocenters. The van der Waals surface area contributed by atoms with Gasteiger partial charge in [-0.2, -0.15) is 5.10 Å². The van der Waals surface area contributed by atoms with E-state index < -0.39 is 0 Å². The molecule has 1 N–H and O–H groups in total. The van der Waals surface area contributed by atoms with E-state index in [0.717, 1.165) is 34.6 Å². The normalized spacial score (nSPS) is 14.8. The number of nitrogens with one attached hydrogen (secondary N) is 1. The number of nitrogens with zero attached hydrogens (tertiary/aromatic N) is 2. The first-order valence-corrected chi connectivity index (χ1v) is 11.0. The highest BCUT2D eigenvalue weighted by molar-refractivity contribution is 6.00. The maximum atomic E-state index is 13.5.